The van der Waals surface area contributed by atoms with Gasteiger partial charge in [-0.2, -0.15) is 0 Å². The lowest BCUT2D eigenvalue weighted by atomic mass is 10.0. The molecule has 5 nitrogen and oxygen atoms in total. The van der Waals surface area contributed by atoms with Crippen LogP contribution >= 0.6 is 24.8 Å². The number of morpholine rings is 1. The zero-order chi connectivity index (χ0) is 15.9. The summed E-state index contributed by atoms with van der Waals surface area (Å²) in [7, 11) is 0. The molecule has 7 heteroatoms. The summed E-state index contributed by atoms with van der Waals surface area (Å²) >= 11 is 0. The van der Waals surface area contributed by atoms with E-state index < -0.39 is 0 Å². The molecule has 1 heterocycles. The summed E-state index contributed by atoms with van der Waals surface area (Å²) < 4.78 is 5.45. The van der Waals surface area contributed by atoms with Crippen molar-refractivity contribution >= 4 is 30.7 Å². The highest BCUT2D eigenvalue weighted by molar-refractivity contribution is 5.85. The maximum atomic E-state index is 12.0. The molecule has 24 heavy (non-hydrogen) atoms. The molecule has 0 bridgehead atoms. The van der Waals surface area contributed by atoms with Gasteiger partial charge in [-0.1, -0.05) is 36.8 Å². The van der Waals surface area contributed by atoms with E-state index in [-0.39, 0.29) is 42.7 Å². The molecule has 0 radical (unpaired) electrons. The van der Waals surface area contributed by atoms with E-state index in [1.807, 2.05) is 6.92 Å². The third-order valence-electron chi connectivity index (χ3n) is 4.18. The number of hydrogen-bond acceptors (Lipinski definition) is 4. The third kappa shape index (κ3) is 6.57. The lowest BCUT2D eigenvalue weighted by molar-refractivity contribution is -0.124. The maximum absolute atomic E-state index is 12.0. The molecular formula is C17H29Cl2N3O2. The molecular weight excluding hydrogens is 349 g/mol. The Bertz CT molecular complexity index is 496. The average Bonchev–Trinajstić information content (AvgIpc) is 2.55. The van der Waals surface area contributed by atoms with Crippen LogP contribution in [0.5, 0.6) is 0 Å². The molecule has 1 amide bonds. The molecule has 1 fully saturated rings. The Labute approximate surface area is 157 Å². The Morgan fingerprint density at radius 1 is 1.33 bits per heavy atom. The molecule has 138 valence electrons. The number of ether oxygens (including phenoxy) is 1. The molecule has 3 N–H and O–H groups in total. The normalized spacial score (nSPS) is 17.1. The Morgan fingerprint density at radius 2 is 2.00 bits per heavy atom. The highest BCUT2D eigenvalue weighted by Gasteiger charge is 2.24. The molecule has 1 aliphatic rings. The predicted octanol–water partition coefficient (Wildman–Crippen LogP) is 1.92. The number of carbonyl (C=O) groups excluding carboxylic acids is 1. The third-order valence-corrected chi connectivity index (χ3v) is 4.18. The van der Waals surface area contributed by atoms with Crippen molar-refractivity contribution < 1.29 is 9.53 Å². The van der Waals surface area contributed by atoms with Gasteiger partial charge in [-0.05, 0) is 12.5 Å². The van der Waals surface area contributed by atoms with Crippen LogP contribution in [0.15, 0.2) is 24.3 Å². The van der Waals surface area contributed by atoms with Gasteiger partial charge in [-0.15, -0.1) is 24.8 Å². The van der Waals surface area contributed by atoms with Crippen LogP contribution < -0.4 is 11.1 Å². The van der Waals surface area contributed by atoms with E-state index in [0.717, 1.165) is 26.3 Å². The highest BCUT2D eigenvalue weighted by atomic mass is 35.5. The van der Waals surface area contributed by atoms with Crippen LogP contribution in [0.2, 0.25) is 0 Å². The quantitative estimate of drug-likeness (QED) is 0.794. The molecule has 0 saturated carbocycles. The SMILES string of the molecule is Cc1cccc(C(CNC(=O)C(C)CN)N2CCOCC2)c1.Cl.Cl. The number of aryl methyl sites for hydroxylation is 1. The van der Waals surface area contributed by atoms with Gasteiger partial charge < -0.3 is 15.8 Å². The summed E-state index contributed by atoms with van der Waals surface area (Å²) in [5.74, 6) is -0.128. The second kappa shape index (κ2) is 11.7. The molecule has 2 unspecified atom stereocenters. The Morgan fingerprint density at radius 3 is 2.58 bits per heavy atom. The summed E-state index contributed by atoms with van der Waals surface area (Å²) in [6, 6.07) is 8.67. The standard InChI is InChI=1S/C17H27N3O2.2ClH/c1-13-4-3-5-15(10-13)16(20-6-8-22-9-7-20)12-19-17(21)14(2)11-18;;/h3-5,10,14,16H,6-9,11-12,18H2,1-2H3,(H,19,21);2*1H. The minimum Gasteiger partial charge on any atom is -0.379 e. The summed E-state index contributed by atoms with van der Waals surface area (Å²) in [5.41, 5.74) is 8.04. The van der Waals surface area contributed by atoms with E-state index in [2.05, 4.69) is 41.4 Å². The molecule has 0 aromatic heterocycles. The second-order valence-corrected chi connectivity index (χ2v) is 5.96. The Hall–Kier alpha value is -0.850. The first-order valence-corrected chi connectivity index (χ1v) is 7.98. The zero-order valence-electron chi connectivity index (χ0n) is 14.4. The molecule has 0 aliphatic carbocycles. The van der Waals surface area contributed by atoms with Gasteiger partial charge in [-0.3, -0.25) is 9.69 Å². The summed E-state index contributed by atoms with van der Waals surface area (Å²) in [6.07, 6.45) is 0. The van der Waals surface area contributed by atoms with Crippen molar-refractivity contribution in [2.75, 3.05) is 39.4 Å². The van der Waals surface area contributed by atoms with Crippen molar-refractivity contribution in [3.05, 3.63) is 35.4 Å². The number of amides is 1. The number of rotatable bonds is 6. The molecule has 1 aromatic rings. The van der Waals surface area contributed by atoms with Gasteiger partial charge in [0.1, 0.15) is 0 Å². The van der Waals surface area contributed by atoms with E-state index in [4.69, 9.17) is 10.5 Å². The van der Waals surface area contributed by atoms with Crippen molar-refractivity contribution in [3.63, 3.8) is 0 Å². The number of carbonyl (C=O) groups is 1. The van der Waals surface area contributed by atoms with Gasteiger partial charge >= 0.3 is 0 Å². The van der Waals surface area contributed by atoms with Crippen molar-refractivity contribution in [2.45, 2.75) is 19.9 Å². The molecule has 1 aromatic carbocycles. The second-order valence-electron chi connectivity index (χ2n) is 5.96. The number of benzene rings is 1. The molecule has 1 aliphatic heterocycles. The first-order valence-electron chi connectivity index (χ1n) is 7.98. The first-order chi connectivity index (χ1) is 10.6. The van der Waals surface area contributed by atoms with Crippen molar-refractivity contribution in [1.82, 2.24) is 10.2 Å². The predicted molar refractivity (Wildman–Crippen MR) is 102 cm³/mol. The van der Waals surface area contributed by atoms with Gasteiger partial charge in [0.2, 0.25) is 5.91 Å². The zero-order valence-corrected chi connectivity index (χ0v) is 16.0. The number of nitrogens with zero attached hydrogens (tertiary/aromatic N) is 1. The van der Waals surface area contributed by atoms with Crippen LogP contribution in [0.25, 0.3) is 0 Å². The van der Waals surface area contributed by atoms with Crippen LogP contribution in [0.3, 0.4) is 0 Å². The minimum atomic E-state index is -0.150. The van der Waals surface area contributed by atoms with E-state index in [1.54, 1.807) is 0 Å². The number of nitrogens with two attached hydrogens (primary N) is 1. The van der Waals surface area contributed by atoms with E-state index in [9.17, 15) is 4.79 Å². The molecule has 2 atom stereocenters. The van der Waals surface area contributed by atoms with Crippen molar-refractivity contribution in [1.29, 1.82) is 0 Å². The van der Waals surface area contributed by atoms with Crippen LogP contribution in [0.1, 0.15) is 24.1 Å². The van der Waals surface area contributed by atoms with Gasteiger partial charge in [0.05, 0.1) is 19.3 Å². The van der Waals surface area contributed by atoms with Gasteiger partial charge in [-0.25, -0.2) is 0 Å². The van der Waals surface area contributed by atoms with Gasteiger partial charge in [0, 0.05) is 32.1 Å². The Kier molecular flexibility index (Phi) is 11.2. The fraction of sp³-hybridized carbons (Fsp3) is 0.588. The van der Waals surface area contributed by atoms with Gasteiger partial charge in [0.15, 0.2) is 0 Å². The summed E-state index contributed by atoms with van der Waals surface area (Å²) in [6.45, 7) is 8.19. The van der Waals surface area contributed by atoms with Gasteiger partial charge in [0.25, 0.3) is 0 Å². The maximum Gasteiger partial charge on any atom is 0.224 e. The van der Waals surface area contributed by atoms with Crippen LogP contribution in [0, 0.1) is 12.8 Å². The number of nitrogens with one attached hydrogen (secondary N) is 1. The van der Waals surface area contributed by atoms with E-state index in [1.165, 1.54) is 11.1 Å². The minimum absolute atomic E-state index is 0. The smallest absolute Gasteiger partial charge is 0.224 e. The summed E-state index contributed by atoms with van der Waals surface area (Å²) in [5, 5.41) is 3.05. The number of hydrogen-bond donors (Lipinski definition) is 2. The molecule has 1 saturated heterocycles. The van der Waals surface area contributed by atoms with Crippen LogP contribution in [-0.4, -0.2) is 50.2 Å². The topological polar surface area (TPSA) is 67.6 Å². The van der Waals surface area contributed by atoms with E-state index in [0.29, 0.717) is 13.1 Å². The Balaban J connectivity index is 0.00000264. The van der Waals surface area contributed by atoms with Crippen LogP contribution in [0.4, 0.5) is 0 Å². The lowest BCUT2D eigenvalue weighted by Gasteiger charge is -2.35. The van der Waals surface area contributed by atoms with Crippen LogP contribution in [-0.2, 0) is 9.53 Å². The molecule has 0 spiro atoms. The fourth-order valence-electron chi connectivity index (χ4n) is 2.70. The lowest BCUT2D eigenvalue weighted by Crippen LogP contribution is -2.45. The highest BCUT2D eigenvalue weighted by Crippen LogP contribution is 2.22. The largest absolute Gasteiger partial charge is 0.379 e. The fourth-order valence-corrected chi connectivity index (χ4v) is 2.70. The first kappa shape index (κ1) is 23.1. The van der Waals surface area contributed by atoms with Crippen molar-refractivity contribution in [3.8, 4) is 0 Å². The van der Waals surface area contributed by atoms with Crippen molar-refractivity contribution in [2.24, 2.45) is 11.7 Å². The molecule has 2 rings (SSSR count). The van der Waals surface area contributed by atoms with E-state index >= 15 is 0 Å². The average molecular weight is 378 g/mol. The number of halogens is 2. The monoisotopic (exact) mass is 377 g/mol. The summed E-state index contributed by atoms with van der Waals surface area (Å²) in [4.78, 5) is 14.4.